The summed E-state index contributed by atoms with van der Waals surface area (Å²) in [5.74, 6) is 3.03. The summed E-state index contributed by atoms with van der Waals surface area (Å²) in [6.07, 6.45) is 7.97. The predicted octanol–water partition coefficient (Wildman–Crippen LogP) is 4.61. The standard InChI is InChI=1S/C25H25NO/c27-25(22-12-15-9-10-16(22)11-15)26-14-17-13-23-18-5-1-3-7-20(18)24(17)21-8-4-2-6-19(21)23/h1-10,15-17,22-24H,11-14H2,(H,26,27). The molecule has 4 bridgehead atoms. The number of allylic oxidation sites excluding steroid dienone is 2. The highest BCUT2D eigenvalue weighted by Crippen LogP contribution is 2.55. The van der Waals surface area contributed by atoms with E-state index in [1.54, 1.807) is 0 Å². The molecule has 2 aromatic carbocycles. The SMILES string of the molecule is O=C(NCC1CC2c3ccccc3C1c1ccccc12)C1CC2C=CC1C2. The number of nitrogens with one attached hydrogen (secondary N) is 1. The van der Waals surface area contributed by atoms with Crippen LogP contribution in [0.25, 0.3) is 0 Å². The fourth-order valence-corrected chi connectivity index (χ4v) is 6.40. The zero-order chi connectivity index (χ0) is 18.0. The summed E-state index contributed by atoms with van der Waals surface area (Å²) in [6.45, 7) is 0.806. The van der Waals surface area contributed by atoms with Gasteiger partial charge in [-0.2, -0.15) is 0 Å². The zero-order valence-electron chi connectivity index (χ0n) is 15.5. The first kappa shape index (κ1) is 15.7. The van der Waals surface area contributed by atoms with Gasteiger partial charge in [-0.05, 0) is 59.3 Å². The minimum atomic E-state index is 0.209. The van der Waals surface area contributed by atoms with E-state index in [0.29, 0.717) is 29.6 Å². The third-order valence-electron chi connectivity index (χ3n) is 7.58. The van der Waals surface area contributed by atoms with E-state index in [1.807, 2.05) is 0 Å². The molecule has 0 heterocycles. The van der Waals surface area contributed by atoms with Crippen LogP contribution < -0.4 is 5.32 Å². The molecule has 0 saturated heterocycles. The molecule has 136 valence electrons. The van der Waals surface area contributed by atoms with Gasteiger partial charge in [-0.3, -0.25) is 4.79 Å². The van der Waals surface area contributed by atoms with E-state index in [4.69, 9.17) is 0 Å². The second-order valence-corrected chi connectivity index (χ2v) is 8.92. The molecule has 0 radical (unpaired) electrons. The number of hydrogen-bond acceptors (Lipinski definition) is 1. The van der Waals surface area contributed by atoms with Gasteiger partial charge in [-0.25, -0.2) is 0 Å². The molecule has 7 rings (SSSR count). The van der Waals surface area contributed by atoms with Crippen molar-refractivity contribution in [3.8, 4) is 0 Å². The Bertz CT molecular complexity index is 897. The fourth-order valence-electron chi connectivity index (χ4n) is 6.40. The first-order valence-electron chi connectivity index (χ1n) is 10.4. The van der Waals surface area contributed by atoms with Gasteiger partial charge in [0.1, 0.15) is 0 Å². The molecular formula is C25H25NO. The first-order chi connectivity index (χ1) is 13.3. The summed E-state index contributed by atoms with van der Waals surface area (Å²) >= 11 is 0. The van der Waals surface area contributed by atoms with E-state index in [-0.39, 0.29) is 11.8 Å². The van der Waals surface area contributed by atoms with Crippen LogP contribution in [-0.2, 0) is 4.79 Å². The minimum Gasteiger partial charge on any atom is -0.356 e. The second kappa shape index (κ2) is 5.82. The summed E-state index contributed by atoms with van der Waals surface area (Å²) in [4.78, 5) is 12.8. The Balaban J connectivity index is 1.26. The van der Waals surface area contributed by atoms with Gasteiger partial charge in [0.15, 0.2) is 0 Å². The summed E-state index contributed by atoms with van der Waals surface area (Å²) in [5, 5.41) is 3.35. The highest BCUT2D eigenvalue weighted by atomic mass is 16.1. The van der Waals surface area contributed by atoms with Gasteiger partial charge in [-0.15, -0.1) is 0 Å². The normalized spacial score (nSPS) is 34.4. The van der Waals surface area contributed by atoms with Crippen molar-refractivity contribution in [1.82, 2.24) is 5.32 Å². The van der Waals surface area contributed by atoms with Gasteiger partial charge in [0.2, 0.25) is 5.91 Å². The smallest absolute Gasteiger partial charge is 0.223 e. The van der Waals surface area contributed by atoms with E-state index >= 15 is 0 Å². The van der Waals surface area contributed by atoms with Crippen LogP contribution >= 0.6 is 0 Å². The quantitative estimate of drug-likeness (QED) is 0.800. The topological polar surface area (TPSA) is 29.1 Å². The molecule has 1 fully saturated rings. The number of hydrogen-bond donors (Lipinski definition) is 1. The summed E-state index contributed by atoms with van der Waals surface area (Å²) in [6, 6.07) is 17.9. The maximum atomic E-state index is 12.8. The van der Waals surface area contributed by atoms with E-state index in [2.05, 4.69) is 66.0 Å². The molecule has 5 aliphatic carbocycles. The van der Waals surface area contributed by atoms with Crippen LogP contribution in [0.5, 0.6) is 0 Å². The Labute approximate surface area is 160 Å². The number of carbonyl (C=O) groups excluding carboxylic acids is 1. The lowest BCUT2D eigenvalue weighted by Gasteiger charge is -2.45. The molecule has 2 nitrogen and oxygen atoms in total. The lowest BCUT2D eigenvalue weighted by Crippen LogP contribution is -2.41. The Morgan fingerprint density at radius 3 is 2.11 bits per heavy atom. The molecule has 0 aliphatic heterocycles. The Morgan fingerprint density at radius 1 is 0.852 bits per heavy atom. The number of carbonyl (C=O) groups is 1. The van der Waals surface area contributed by atoms with E-state index < -0.39 is 0 Å². The zero-order valence-corrected chi connectivity index (χ0v) is 15.5. The predicted molar refractivity (Wildman–Crippen MR) is 107 cm³/mol. The third-order valence-corrected chi connectivity index (χ3v) is 7.58. The molecule has 1 N–H and O–H groups in total. The van der Waals surface area contributed by atoms with Gasteiger partial charge in [-0.1, -0.05) is 60.7 Å². The third kappa shape index (κ3) is 2.29. The van der Waals surface area contributed by atoms with Crippen molar-refractivity contribution in [3.05, 3.63) is 82.9 Å². The van der Waals surface area contributed by atoms with Gasteiger partial charge in [0, 0.05) is 24.3 Å². The summed E-state index contributed by atoms with van der Waals surface area (Å²) in [7, 11) is 0. The highest BCUT2D eigenvalue weighted by Gasteiger charge is 2.44. The molecule has 27 heavy (non-hydrogen) atoms. The summed E-state index contributed by atoms with van der Waals surface area (Å²) < 4.78 is 0. The maximum Gasteiger partial charge on any atom is 0.223 e. The van der Waals surface area contributed by atoms with Crippen LogP contribution in [0.15, 0.2) is 60.7 Å². The highest BCUT2D eigenvalue weighted by molar-refractivity contribution is 5.80. The second-order valence-electron chi connectivity index (χ2n) is 8.92. The van der Waals surface area contributed by atoms with Crippen LogP contribution in [0.3, 0.4) is 0 Å². The van der Waals surface area contributed by atoms with Crippen LogP contribution in [0.2, 0.25) is 0 Å². The molecule has 1 saturated carbocycles. The van der Waals surface area contributed by atoms with E-state index in [1.165, 1.54) is 28.7 Å². The Kier molecular flexibility index (Phi) is 3.38. The maximum absolute atomic E-state index is 12.8. The molecular weight excluding hydrogens is 330 g/mol. The molecule has 2 heteroatoms. The van der Waals surface area contributed by atoms with Gasteiger partial charge in [0.25, 0.3) is 0 Å². The number of fused-ring (bicyclic) bond motifs is 3. The van der Waals surface area contributed by atoms with Crippen LogP contribution in [0, 0.1) is 23.7 Å². The lowest BCUT2D eigenvalue weighted by atomic mass is 9.59. The van der Waals surface area contributed by atoms with Crippen LogP contribution in [0.4, 0.5) is 0 Å². The lowest BCUT2D eigenvalue weighted by molar-refractivity contribution is -0.125. The fraction of sp³-hybridized carbons (Fsp3) is 0.400. The largest absolute Gasteiger partial charge is 0.356 e. The van der Waals surface area contributed by atoms with Crippen molar-refractivity contribution in [3.63, 3.8) is 0 Å². The van der Waals surface area contributed by atoms with Crippen molar-refractivity contribution in [2.75, 3.05) is 6.54 Å². The number of amides is 1. The molecule has 4 atom stereocenters. The van der Waals surface area contributed by atoms with Crippen molar-refractivity contribution >= 4 is 5.91 Å². The molecule has 5 aliphatic rings. The Hall–Kier alpha value is -2.35. The van der Waals surface area contributed by atoms with Crippen molar-refractivity contribution in [2.24, 2.45) is 23.7 Å². The average molecular weight is 355 g/mol. The number of benzene rings is 2. The first-order valence-corrected chi connectivity index (χ1v) is 10.4. The summed E-state index contributed by atoms with van der Waals surface area (Å²) in [5.41, 5.74) is 5.97. The van der Waals surface area contributed by atoms with E-state index in [9.17, 15) is 4.79 Å². The average Bonchev–Trinajstić information content (AvgIpc) is 3.36. The van der Waals surface area contributed by atoms with Crippen molar-refractivity contribution < 1.29 is 4.79 Å². The Morgan fingerprint density at radius 2 is 1.52 bits per heavy atom. The monoisotopic (exact) mass is 355 g/mol. The molecule has 1 amide bonds. The van der Waals surface area contributed by atoms with Crippen LogP contribution in [0.1, 0.15) is 53.4 Å². The minimum absolute atomic E-state index is 0.209. The van der Waals surface area contributed by atoms with Gasteiger partial charge < -0.3 is 5.32 Å². The van der Waals surface area contributed by atoms with Gasteiger partial charge >= 0.3 is 0 Å². The molecule has 0 spiro atoms. The van der Waals surface area contributed by atoms with Crippen molar-refractivity contribution in [1.29, 1.82) is 0 Å². The van der Waals surface area contributed by atoms with Crippen molar-refractivity contribution in [2.45, 2.75) is 31.1 Å². The molecule has 4 unspecified atom stereocenters. The molecule has 0 aromatic heterocycles. The van der Waals surface area contributed by atoms with Crippen LogP contribution in [-0.4, -0.2) is 12.5 Å². The number of rotatable bonds is 3. The molecule has 2 aromatic rings. The van der Waals surface area contributed by atoms with Gasteiger partial charge in [0.05, 0.1) is 0 Å². The van der Waals surface area contributed by atoms with E-state index in [0.717, 1.165) is 19.4 Å².